The van der Waals surface area contributed by atoms with Gasteiger partial charge in [-0.25, -0.2) is 17.5 Å². The van der Waals surface area contributed by atoms with Crippen LogP contribution in [0, 0.1) is 0 Å². The first-order chi connectivity index (χ1) is 7.37. The molecule has 86 valence electrons. The van der Waals surface area contributed by atoms with E-state index in [4.69, 9.17) is 0 Å². The van der Waals surface area contributed by atoms with E-state index in [9.17, 15) is 13.2 Å². The lowest BCUT2D eigenvalue weighted by atomic mass is 10.3. The van der Waals surface area contributed by atoms with Crippen molar-refractivity contribution < 1.29 is 13.2 Å². The molecule has 0 bridgehead atoms. The van der Waals surface area contributed by atoms with Crippen LogP contribution in [0.2, 0.25) is 0 Å². The molecule has 1 aliphatic rings. The zero-order valence-corrected chi connectivity index (χ0v) is 11.0. The van der Waals surface area contributed by atoms with Crippen LogP contribution in [0.25, 0.3) is 0 Å². The smallest absolute Gasteiger partial charge is 0.294 e. The van der Waals surface area contributed by atoms with Crippen LogP contribution in [-0.4, -0.2) is 32.8 Å². The lowest BCUT2D eigenvalue weighted by molar-refractivity contribution is 0.234. The molecule has 0 saturated heterocycles. The summed E-state index contributed by atoms with van der Waals surface area (Å²) < 4.78 is 25.3. The third kappa shape index (κ3) is 1.35. The number of carbonyl (C=O) groups is 1. The van der Waals surface area contributed by atoms with Crippen LogP contribution in [0.4, 0.5) is 10.5 Å². The van der Waals surface area contributed by atoms with Crippen LogP contribution in [-0.2, 0) is 10.0 Å². The van der Waals surface area contributed by atoms with Gasteiger partial charge in [-0.05, 0) is 28.1 Å². The van der Waals surface area contributed by atoms with Crippen LogP contribution in [0.15, 0.2) is 27.6 Å². The van der Waals surface area contributed by atoms with Gasteiger partial charge in [0.25, 0.3) is 10.0 Å². The van der Waals surface area contributed by atoms with E-state index in [1.54, 1.807) is 12.1 Å². The second-order valence-electron chi connectivity index (χ2n) is 3.40. The van der Waals surface area contributed by atoms with Crippen molar-refractivity contribution in [2.45, 2.75) is 4.90 Å². The van der Waals surface area contributed by atoms with Crippen LogP contribution >= 0.6 is 15.9 Å². The highest BCUT2D eigenvalue weighted by atomic mass is 79.9. The molecule has 0 fully saturated rings. The number of urea groups is 1. The van der Waals surface area contributed by atoms with E-state index in [1.165, 1.54) is 25.1 Å². The minimum atomic E-state index is -3.71. The second kappa shape index (κ2) is 3.46. The minimum Gasteiger partial charge on any atom is -0.294 e. The average Bonchev–Trinajstić information content (AvgIpc) is 2.24. The van der Waals surface area contributed by atoms with Gasteiger partial charge in [-0.2, -0.15) is 0 Å². The standard InChI is InChI=1S/C9H9BrN2O3S/c1-11-8-6(10)4-3-5-7(8)16(14,15)12(2)9(11)13/h3-5H,1-2H3. The lowest BCUT2D eigenvalue weighted by Gasteiger charge is -2.32. The normalized spacial score (nSPS) is 18.6. The number of sulfonamides is 1. The summed E-state index contributed by atoms with van der Waals surface area (Å²) in [5.41, 5.74) is 0.380. The molecule has 0 radical (unpaired) electrons. The number of halogens is 1. The van der Waals surface area contributed by atoms with Crippen LogP contribution in [0.3, 0.4) is 0 Å². The quantitative estimate of drug-likeness (QED) is 0.732. The van der Waals surface area contributed by atoms with Crippen molar-refractivity contribution in [2.75, 3.05) is 19.0 Å². The molecule has 1 aromatic rings. The minimum absolute atomic E-state index is 0.131. The monoisotopic (exact) mass is 304 g/mol. The number of hydrogen-bond acceptors (Lipinski definition) is 3. The number of fused-ring (bicyclic) bond motifs is 1. The summed E-state index contributed by atoms with van der Waals surface area (Å²) in [6.45, 7) is 0. The molecule has 0 unspecified atom stereocenters. The second-order valence-corrected chi connectivity index (χ2v) is 6.19. The van der Waals surface area contributed by atoms with Crippen molar-refractivity contribution in [3.05, 3.63) is 22.7 Å². The zero-order chi connectivity index (χ0) is 12.1. The summed E-state index contributed by atoms with van der Waals surface area (Å²) in [7, 11) is -0.926. The van der Waals surface area contributed by atoms with Crippen molar-refractivity contribution >= 4 is 37.7 Å². The molecule has 0 atom stereocenters. The first-order valence-corrected chi connectivity index (χ1v) is 6.66. The van der Waals surface area contributed by atoms with E-state index in [0.29, 0.717) is 10.2 Å². The van der Waals surface area contributed by atoms with Gasteiger partial charge in [0.05, 0.1) is 5.69 Å². The van der Waals surface area contributed by atoms with Gasteiger partial charge in [0, 0.05) is 18.6 Å². The highest BCUT2D eigenvalue weighted by Crippen LogP contribution is 2.37. The molecule has 16 heavy (non-hydrogen) atoms. The first-order valence-electron chi connectivity index (χ1n) is 4.42. The third-order valence-electron chi connectivity index (χ3n) is 2.48. The summed E-state index contributed by atoms with van der Waals surface area (Å²) in [4.78, 5) is 13.1. The molecule has 1 heterocycles. The molecule has 0 saturated carbocycles. The molecule has 2 rings (SSSR count). The average molecular weight is 305 g/mol. The number of nitrogens with zero attached hydrogens (tertiary/aromatic N) is 2. The molecule has 7 heteroatoms. The number of carbonyl (C=O) groups excluding carboxylic acids is 1. The maximum Gasteiger partial charge on any atom is 0.337 e. The third-order valence-corrected chi connectivity index (χ3v) is 4.88. The Labute approximate surface area is 102 Å². The largest absolute Gasteiger partial charge is 0.337 e. The molecule has 5 nitrogen and oxygen atoms in total. The first kappa shape index (κ1) is 11.4. The highest BCUT2D eigenvalue weighted by molar-refractivity contribution is 9.10. The van der Waals surface area contributed by atoms with Gasteiger partial charge in [0.2, 0.25) is 0 Å². The summed E-state index contributed by atoms with van der Waals surface area (Å²) >= 11 is 3.24. The van der Waals surface area contributed by atoms with Crippen LogP contribution < -0.4 is 4.90 Å². The Hall–Kier alpha value is -1.08. The van der Waals surface area contributed by atoms with Gasteiger partial charge in [-0.1, -0.05) is 6.07 Å². The molecule has 0 aliphatic carbocycles. The van der Waals surface area contributed by atoms with E-state index >= 15 is 0 Å². The fourth-order valence-corrected chi connectivity index (χ4v) is 3.71. The van der Waals surface area contributed by atoms with Gasteiger partial charge in [-0.3, -0.25) is 4.90 Å². The number of amides is 2. The van der Waals surface area contributed by atoms with E-state index < -0.39 is 16.1 Å². The van der Waals surface area contributed by atoms with Crippen molar-refractivity contribution in [3.63, 3.8) is 0 Å². The summed E-state index contributed by atoms with van der Waals surface area (Å²) in [5.74, 6) is 0. The molecule has 1 aromatic carbocycles. The fourth-order valence-electron chi connectivity index (χ4n) is 1.59. The fraction of sp³-hybridized carbons (Fsp3) is 0.222. The maximum atomic E-state index is 12.0. The number of hydrogen-bond donors (Lipinski definition) is 0. The van der Waals surface area contributed by atoms with Gasteiger partial charge >= 0.3 is 6.03 Å². The Morgan fingerprint density at radius 3 is 2.50 bits per heavy atom. The molecule has 0 N–H and O–H groups in total. The predicted molar refractivity (Wildman–Crippen MR) is 62.9 cm³/mol. The molecule has 0 spiro atoms. The van der Waals surface area contributed by atoms with E-state index in [0.717, 1.165) is 4.31 Å². The predicted octanol–water partition coefficient (Wildman–Crippen LogP) is 1.64. The molecular weight excluding hydrogens is 296 g/mol. The number of rotatable bonds is 0. The Balaban J connectivity index is 2.84. The number of anilines is 1. The topological polar surface area (TPSA) is 57.7 Å². The Morgan fingerprint density at radius 1 is 1.25 bits per heavy atom. The van der Waals surface area contributed by atoms with E-state index in [2.05, 4.69) is 15.9 Å². The van der Waals surface area contributed by atoms with Crippen molar-refractivity contribution in [1.29, 1.82) is 0 Å². The van der Waals surface area contributed by atoms with Crippen LogP contribution in [0.5, 0.6) is 0 Å². The molecule has 0 aromatic heterocycles. The highest BCUT2D eigenvalue weighted by Gasteiger charge is 2.38. The Bertz CT molecular complexity index is 570. The van der Waals surface area contributed by atoms with Crippen molar-refractivity contribution in [2.24, 2.45) is 0 Å². The Morgan fingerprint density at radius 2 is 1.88 bits per heavy atom. The summed E-state index contributed by atoms with van der Waals surface area (Å²) in [6, 6.07) is 4.23. The zero-order valence-electron chi connectivity index (χ0n) is 8.64. The van der Waals surface area contributed by atoms with Crippen molar-refractivity contribution in [1.82, 2.24) is 4.31 Å². The van der Waals surface area contributed by atoms with Gasteiger partial charge in [0.15, 0.2) is 0 Å². The van der Waals surface area contributed by atoms with E-state index in [-0.39, 0.29) is 4.90 Å². The van der Waals surface area contributed by atoms with Crippen LogP contribution in [0.1, 0.15) is 0 Å². The molecular formula is C9H9BrN2O3S. The summed E-state index contributed by atoms with van der Waals surface area (Å²) in [5, 5.41) is 0. The van der Waals surface area contributed by atoms with Crippen molar-refractivity contribution in [3.8, 4) is 0 Å². The number of benzene rings is 1. The SMILES string of the molecule is CN1C(=O)N(C)S(=O)(=O)c2cccc(Br)c21. The number of para-hydroxylation sites is 1. The van der Waals surface area contributed by atoms with Gasteiger partial charge < -0.3 is 0 Å². The Kier molecular flexibility index (Phi) is 2.47. The van der Waals surface area contributed by atoms with Gasteiger partial charge in [-0.15, -0.1) is 0 Å². The molecule has 2 amide bonds. The van der Waals surface area contributed by atoms with Gasteiger partial charge in [0.1, 0.15) is 4.90 Å². The lowest BCUT2D eigenvalue weighted by Crippen LogP contribution is -2.47. The van der Waals surface area contributed by atoms with E-state index in [1.807, 2.05) is 0 Å². The maximum absolute atomic E-state index is 12.0. The molecule has 1 aliphatic heterocycles. The summed E-state index contributed by atoms with van der Waals surface area (Å²) in [6.07, 6.45) is 0.